The van der Waals surface area contributed by atoms with Gasteiger partial charge in [-0.25, -0.2) is 8.42 Å². The van der Waals surface area contributed by atoms with E-state index in [1.54, 1.807) is 12.3 Å². The summed E-state index contributed by atoms with van der Waals surface area (Å²) < 4.78 is 21.8. The molecule has 0 aliphatic rings. The number of aromatic nitrogens is 2. The first-order chi connectivity index (χ1) is 7.88. The van der Waals surface area contributed by atoms with Crippen LogP contribution in [0.4, 0.5) is 0 Å². The van der Waals surface area contributed by atoms with Crippen LogP contribution in [0, 0.1) is 0 Å². The van der Waals surface area contributed by atoms with Gasteiger partial charge in [0, 0.05) is 12.5 Å². The van der Waals surface area contributed by atoms with E-state index in [2.05, 4.69) is 15.5 Å². The minimum atomic E-state index is -3.09. The van der Waals surface area contributed by atoms with Crippen molar-refractivity contribution < 1.29 is 13.2 Å². The van der Waals surface area contributed by atoms with Crippen LogP contribution < -0.4 is 11.1 Å². The maximum absolute atomic E-state index is 11.5. The van der Waals surface area contributed by atoms with Gasteiger partial charge in [-0.2, -0.15) is 5.10 Å². The third-order valence-electron chi connectivity index (χ3n) is 2.15. The van der Waals surface area contributed by atoms with Crippen LogP contribution in [0.25, 0.3) is 0 Å². The number of aromatic amines is 1. The molecule has 0 fully saturated rings. The highest BCUT2D eigenvalue weighted by Crippen LogP contribution is 1.95. The van der Waals surface area contributed by atoms with Gasteiger partial charge in [0.15, 0.2) is 0 Å². The molecule has 0 aromatic carbocycles. The van der Waals surface area contributed by atoms with Crippen LogP contribution in [0.3, 0.4) is 0 Å². The minimum absolute atomic E-state index is 0.0916. The largest absolute Gasteiger partial charge is 0.349 e. The van der Waals surface area contributed by atoms with Crippen LogP contribution in [0.1, 0.15) is 12.1 Å². The number of nitrogens with two attached hydrogens (primary N) is 1. The number of rotatable bonds is 6. The molecule has 1 amide bonds. The van der Waals surface area contributed by atoms with Gasteiger partial charge in [-0.15, -0.1) is 0 Å². The average Bonchev–Trinajstić information content (AvgIpc) is 2.74. The number of carbonyl (C=O) groups excluding carboxylic acids is 1. The Bertz CT molecular complexity index is 455. The van der Waals surface area contributed by atoms with Crippen LogP contribution in [0.2, 0.25) is 0 Å². The average molecular weight is 260 g/mol. The van der Waals surface area contributed by atoms with Gasteiger partial charge in [0.1, 0.15) is 9.84 Å². The molecule has 0 bridgehead atoms. The zero-order valence-corrected chi connectivity index (χ0v) is 10.3. The zero-order chi connectivity index (χ0) is 12.9. The molecule has 1 unspecified atom stereocenters. The van der Waals surface area contributed by atoms with Gasteiger partial charge in [0.05, 0.1) is 24.0 Å². The quantitative estimate of drug-likeness (QED) is 0.593. The summed E-state index contributed by atoms with van der Waals surface area (Å²) in [6.45, 7) is 0.297. The number of hydrogen-bond donors (Lipinski definition) is 3. The second-order valence-corrected chi connectivity index (χ2v) is 6.08. The second kappa shape index (κ2) is 5.78. The number of nitrogens with zero attached hydrogens (tertiary/aromatic N) is 1. The number of sulfone groups is 1. The van der Waals surface area contributed by atoms with Crippen molar-refractivity contribution in [2.45, 2.75) is 19.0 Å². The Labute approximate surface area is 99.7 Å². The molecule has 1 aromatic heterocycles. The van der Waals surface area contributed by atoms with Crippen LogP contribution in [-0.2, 0) is 21.2 Å². The Balaban J connectivity index is 2.32. The Hall–Kier alpha value is -1.41. The van der Waals surface area contributed by atoms with Crippen molar-refractivity contribution in [2.75, 3.05) is 12.0 Å². The SMILES string of the molecule is CS(=O)(=O)CCC(N)C(=O)NCc1ccn[nH]1. The lowest BCUT2D eigenvalue weighted by Gasteiger charge is -2.10. The van der Waals surface area contributed by atoms with Gasteiger partial charge < -0.3 is 11.1 Å². The number of amides is 1. The van der Waals surface area contributed by atoms with Gasteiger partial charge in [0.25, 0.3) is 0 Å². The van der Waals surface area contributed by atoms with E-state index in [0.29, 0.717) is 6.54 Å². The first-order valence-corrected chi connectivity index (χ1v) is 7.14. The molecule has 96 valence electrons. The Morgan fingerprint density at radius 3 is 2.88 bits per heavy atom. The standard InChI is InChI=1S/C9H16N4O3S/c1-17(15,16)5-3-8(10)9(14)11-6-7-2-4-12-13-7/h2,4,8H,3,5-6,10H2,1H3,(H,11,14)(H,12,13). The fourth-order valence-corrected chi connectivity index (χ4v) is 1.85. The van der Waals surface area contributed by atoms with E-state index in [4.69, 9.17) is 5.73 Å². The van der Waals surface area contributed by atoms with Crippen molar-refractivity contribution in [3.63, 3.8) is 0 Å². The van der Waals surface area contributed by atoms with Crippen molar-refractivity contribution in [2.24, 2.45) is 5.73 Å². The summed E-state index contributed by atoms with van der Waals surface area (Å²) in [4.78, 5) is 11.5. The van der Waals surface area contributed by atoms with E-state index >= 15 is 0 Å². The summed E-state index contributed by atoms with van der Waals surface area (Å²) >= 11 is 0. The maximum atomic E-state index is 11.5. The normalized spacial score (nSPS) is 13.3. The highest BCUT2D eigenvalue weighted by atomic mass is 32.2. The monoisotopic (exact) mass is 260 g/mol. The van der Waals surface area contributed by atoms with Crippen LogP contribution in [-0.4, -0.2) is 42.6 Å². The van der Waals surface area contributed by atoms with Crippen LogP contribution in [0.15, 0.2) is 12.3 Å². The fourth-order valence-electron chi connectivity index (χ4n) is 1.17. The van der Waals surface area contributed by atoms with E-state index in [0.717, 1.165) is 11.9 Å². The predicted molar refractivity (Wildman–Crippen MR) is 62.7 cm³/mol. The smallest absolute Gasteiger partial charge is 0.237 e. The Morgan fingerprint density at radius 2 is 2.35 bits per heavy atom. The molecule has 8 heteroatoms. The molecule has 1 atom stereocenters. The van der Waals surface area contributed by atoms with Gasteiger partial charge in [0.2, 0.25) is 5.91 Å². The fraction of sp³-hybridized carbons (Fsp3) is 0.556. The third-order valence-corrected chi connectivity index (χ3v) is 3.13. The molecule has 4 N–H and O–H groups in total. The molecule has 1 aromatic rings. The van der Waals surface area contributed by atoms with E-state index in [1.165, 1.54) is 0 Å². The number of carbonyl (C=O) groups is 1. The molecule has 0 saturated heterocycles. The topological polar surface area (TPSA) is 118 Å². The lowest BCUT2D eigenvalue weighted by molar-refractivity contribution is -0.122. The van der Waals surface area contributed by atoms with Gasteiger partial charge in [-0.3, -0.25) is 9.89 Å². The molecule has 0 saturated carbocycles. The van der Waals surface area contributed by atoms with Crippen molar-refractivity contribution in [1.29, 1.82) is 0 Å². The number of hydrogen-bond acceptors (Lipinski definition) is 5. The van der Waals surface area contributed by atoms with E-state index in [1.807, 2.05) is 0 Å². The molecule has 0 aliphatic carbocycles. The molecule has 0 aliphatic heterocycles. The molecular formula is C9H16N4O3S. The second-order valence-electron chi connectivity index (χ2n) is 3.82. The van der Waals surface area contributed by atoms with Crippen molar-refractivity contribution in [3.8, 4) is 0 Å². The van der Waals surface area contributed by atoms with Crippen LogP contribution in [0.5, 0.6) is 0 Å². The molecular weight excluding hydrogens is 244 g/mol. The van der Waals surface area contributed by atoms with Crippen molar-refractivity contribution in [1.82, 2.24) is 15.5 Å². The molecule has 1 rings (SSSR count). The molecule has 0 radical (unpaired) electrons. The van der Waals surface area contributed by atoms with E-state index in [-0.39, 0.29) is 18.1 Å². The molecule has 1 heterocycles. The summed E-state index contributed by atoms with van der Waals surface area (Å²) in [6.07, 6.45) is 2.81. The van der Waals surface area contributed by atoms with Gasteiger partial charge >= 0.3 is 0 Å². The molecule has 0 spiro atoms. The van der Waals surface area contributed by atoms with Crippen LogP contribution >= 0.6 is 0 Å². The lowest BCUT2D eigenvalue weighted by atomic mass is 10.2. The van der Waals surface area contributed by atoms with Gasteiger partial charge in [-0.05, 0) is 12.5 Å². The molecule has 7 nitrogen and oxygen atoms in total. The zero-order valence-electron chi connectivity index (χ0n) is 9.51. The lowest BCUT2D eigenvalue weighted by Crippen LogP contribution is -2.41. The first kappa shape index (κ1) is 13.7. The Kier molecular flexibility index (Phi) is 4.64. The van der Waals surface area contributed by atoms with Crippen molar-refractivity contribution in [3.05, 3.63) is 18.0 Å². The predicted octanol–water partition coefficient (Wildman–Crippen LogP) is -1.21. The third kappa shape index (κ3) is 5.45. The molecule has 17 heavy (non-hydrogen) atoms. The van der Waals surface area contributed by atoms with E-state index < -0.39 is 15.9 Å². The van der Waals surface area contributed by atoms with E-state index in [9.17, 15) is 13.2 Å². The minimum Gasteiger partial charge on any atom is -0.349 e. The first-order valence-electron chi connectivity index (χ1n) is 5.08. The number of H-pyrrole nitrogens is 1. The maximum Gasteiger partial charge on any atom is 0.237 e. The summed E-state index contributed by atoms with van der Waals surface area (Å²) in [5.74, 6) is -0.464. The summed E-state index contributed by atoms with van der Waals surface area (Å²) in [7, 11) is -3.09. The van der Waals surface area contributed by atoms with Gasteiger partial charge in [-0.1, -0.05) is 0 Å². The summed E-state index contributed by atoms with van der Waals surface area (Å²) in [5.41, 5.74) is 6.32. The number of nitrogens with one attached hydrogen (secondary N) is 2. The highest BCUT2D eigenvalue weighted by molar-refractivity contribution is 7.90. The Morgan fingerprint density at radius 1 is 1.65 bits per heavy atom. The van der Waals surface area contributed by atoms with Crippen molar-refractivity contribution >= 4 is 15.7 Å². The summed E-state index contributed by atoms with van der Waals surface area (Å²) in [5, 5.41) is 9.00. The summed E-state index contributed by atoms with van der Waals surface area (Å²) in [6, 6.07) is 0.912. The highest BCUT2D eigenvalue weighted by Gasteiger charge is 2.15.